The van der Waals surface area contributed by atoms with Crippen LogP contribution in [-0.2, 0) is 14.9 Å². The Morgan fingerprint density at radius 2 is 1.69 bits per heavy atom. The van der Waals surface area contributed by atoms with Crippen molar-refractivity contribution in [3.63, 3.8) is 0 Å². The Hall–Kier alpha value is -3.62. The Morgan fingerprint density at radius 1 is 1.06 bits per heavy atom. The van der Waals surface area contributed by atoms with E-state index in [0.717, 1.165) is 12.1 Å². The van der Waals surface area contributed by atoms with Gasteiger partial charge in [0.25, 0.3) is 11.6 Å². The van der Waals surface area contributed by atoms with Crippen LogP contribution in [0.25, 0.3) is 6.08 Å². The first-order valence-electron chi connectivity index (χ1n) is 9.37. The van der Waals surface area contributed by atoms with Gasteiger partial charge < -0.3 is 9.50 Å². The highest BCUT2D eigenvalue weighted by Crippen LogP contribution is 2.37. The van der Waals surface area contributed by atoms with Crippen molar-refractivity contribution in [2.24, 2.45) is 0 Å². The van der Waals surface area contributed by atoms with E-state index in [1.807, 2.05) is 0 Å². The van der Waals surface area contributed by atoms with Crippen LogP contribution < -0.4 is 9.50 Å². The van der Waals surface area contributed by atoms with Gasteiger partial charge in [0.15, 0.2) is 5.75 Å². The molecule has 13 heteroatoms. The molecule has 0 bridgehead atoms. The molecule has 3 aromatic rings. The number of nitro groups is 1. The number of carbonyl (C=O) groups is 1. The molecule has 1 amide bonds. The third-order valence-corrected chi connectivity index (χ3v) is 6.36. The van der Waals surface area contributed by atoms with Gasteiger partial charge in [0.2, 0.25) is 0 Å². The molecule has 0 aliphatic heterocycles. The summed E-state index contributed by atoms with van der Waals surface area (Å²) in [6.07, 6.45) is 1.15. The van der Waals surface area contributed by atoms with Crippen molar-refractivity contribution in [2.45, 2.75) is 4.90 Å². The van der Waals surface area contributed by atoms with Gasteiger partial charge in [-0.15, -0.1) is 0 Å². The summed E-state index contributed by atoms with van der Waals surface area (Å²) in [7, 11) is -4.28. The van der Waals surface area contributed by atoms with Gasteiger partial charge in [0.05, 0.1) is 15.0 Å². The van der Waals surface area contributed by atoms with Crippen molar-refractivity contribution < 1.29 is 22.3 Å². The minimum absolute atomic E-state index is 0.109. The Labute approximate surface area is 214 Å². The normalized spacial score (nSPS) is 11.4. The molecule has 0 saturated heterocycles. The third-order valence-electron chi connectivity index (χ3n) is 4.31. The number of benzene rings is 3. The lowest BCUT2D eigenvalue weighted by molar-refractivity contribution is -0.384. The highest BCUT2D eigenvalue weighted by atomic mass is 35.5. The Morgan fingerprint density at radius 3 is 2.26 bits per heavy atom. The fraction of sp³-hybridized carbons (Fsp3) is 0. The van der Waals surface area contributed by atoms with Gasteiger partial charge in [-0.3, -0.25) is 14.9 Å². The average molecular weight is 553 g/mol. The number of rotatable bonds is 7. The van der Waals surface area contributed by atoms with E-state index < -0.39 is 20.9 Å². The molecule has 35 heavy (non-hydrogen) atoms. The van der Waals surface area contributed by atoms with Crippen LogP contribution in [0.2, 0.25) is 15.1 Å². The maximum Gasteiger partial charge on any atom is 0.339 e. The predicted octanol–water partition coefficient (Wildman–Crippen LogP) is 5.87. The lowest BCUT2D eigenvalue weighted by Gasteiger charge is -2.11. The number of nitrogens with one attached hydrogen (secondary N) is 1. The Kier molecular flexibility index (Phi) is 7.99. The van der Waals surface area contributed by atoms with E-state index in [-0.39, 0.29) is 43.2 Å². The number of anilines is 1. The molecular weight excluding hydrogens is 541 g/mol. The molecule has 0 aliphatic rings. The van der Waals surface area contributed by atoms with Gasteiger partial charge in [-0.25, -0.2) is 0 Å². The number of non-ortho nitro benzene ring substituents is 1. The van der Waals surface area contributed by atoms with Crippen molar-refractivity contribution in [3.8, 4) is 11.8 Å². The van der Waals surface area contributed by atoms with Gasteiger partial charge >= 0.3 is 10.1 Å². The van der Waals surface area contributed by atoms with Crippen molar-refractivity contribution in [3.05, 3.63) is 97.0 Å². The summed E-state index contributed by atoms with van der Waals surface area (Å²) in [5, 5.41) is 22.6. The smallest absolute Gasteiger partial charge is 0.339 e. The quantitative estimate of drug-likeness (QED) is 0.127. The first-order chi connectivity index (χ1) is 16.5. The Balaban J connectivity index is 1.86. The number of nitro benzene ring substituents is 1. The molecule has 1 N–H and O–H groups in total. The van der Waals surface area contributed by atoms with E-state index in [4.69, 9.17) is 39.0 Å². The summed E-state index contributed by atoms with van der Waals surface area (Å²) in [4.78, 5) is 22.6. The van der Waals surface area contributed by atoms with E-state index in [0.29, 0.717) is 5.02 Å². The second-order valence-electron chi connectivity index (χ2n) is 6.74. The molecule has 178 valence electrons. The summed E-state index contributed by atoms with van der Waals surface area (Å²) < 4.78 is 30.1. The zero-order chi connectivity index (χ0) is 25.8. The summed E-state index contributed by atoms with van der Waals surface area (Å²) in [6.45, 7) is 0. The average Bonchev–Trinajstić information content (AvgIpc) is 2.80. The van der Waals surface area contributed by atoms with Crippen LogP contribution in [0.1, 0.15) is 5.56 Å². The van der Waals surface area contributed by atoms with Gasteiger partial charge in [-0.05, 0) is 54.1 Å². The van der Waals surface area contributed by atoms with Crippen molar-refractivity contribution in [1.82, 2.24) is 0 Å². The number of halogens is 3. The van der Waals surface area contributed by atoms with Gasteiger partial charge in [0.1, 0.15) is 16.5 Å². The number of amides is 1. The molecule has 3 aromatic carbocycles. The number of carbonyl (C=O) groups excluding carboxylic acids is 1. The van der Waals surface area contributed by atoms with Crippen LogP contribution in [-0.4, -0.2) is 19.2 Å². The number of hydrogen-bond donors (Lipinski definition) is 1. The third kappa shape index (κ3) is 6.49. The second-order valence-corrected chi connectivity index (χ2v) is 9.53. The fourth-order valence-electron chi connectivity index (χ4n) is 2.71. The van der Waals surface area contributed by atoms with Gasteiger partial charge in [-0.2, -0.15) is 13.7 Å². The van der Waals surface area contributed by atoms with E-state index in [9.17, 15) is 28.6 Å². The van der Waals surface area contributed by atoms with Crippen molar-refractivity contribution >= 4 is 68.3 Å². The molecule has 0 atom stereocenters. The van der Waals surface area contributed by atoms with E-state index >= 15 is 0 Å². The number of hydrogen-bond acceptors (Lipinski definition) is 7. The monoisotopic (exact) mass is 551 g/mol. The van der Waals surface area contributed by atoms with E-state index in [1.165, 1.54) is 54.6 Å². The number of nitriles is 1. The Bertz CT molecular complexity index is 1480. The van der Waals surface area contributed by atoms with Crippen LogP contribution in [0, 0.1) is 21.4 Å². The van der Waals surface area contributed by atoms with Crippen LogP contribution >= 0.6 is 34.8 Å². The van der Waals surface area contributed by atoms with Gasteiger partial charge in [-0.1, -0.05) is 40.9 Å². The summed E-state index contributed by atoms with van der Waals surface area (Å²) >= 11 is 18.1. The highest BCUT2D eigenvalue weighted by molar-refractivity contribution is 7.87. The second kappa shape index (κ2) is 10.8. The van der Waals surface area contributed by atoms with E-state index in [1.54, 1.807) is 6.07 Å². The van der Waals surface area contributed by atoms with Crippen molar-refractivity contribution in [2.75, 3.05) is 5.32 Å². The summed E-state index contributed by atoms with van der Waals surface area (Å²) in [5.74, 6) is -1.19. The SMILES string of the molecule is N#C/C(=C\c1cc(Cl)c(OS(=O)(=O)c2ccc(Cl)cc2)c(Cl)c1)C(=O)Nc1cccc([N+](=O)[O-])c1. The molecule has 0 heterocycles. The number of nitrogens with zero attached hydrogens (tertiary/aromatic N) is 2. The molecule has 0 aliphatic carbocycles. The van der Waals surface area contributed by atoms with Crippen LogP contribution in [0.5, 0.6) is 5.75 Å². The zero-order valence-electron chi connectivity index (χ0n) is 17.2. The predicted molar refractivity (Wildman–Crippen MR) is 131 cm³/mol. The van der Waals surface area contributed by atoms with Crippen LogP contribution in [0.3, 0.4) is 0 Å². The first-order valence-corrected chi connectivity index (χ1v) is 11.9. The largest absolute Gasteiger partial charge is 0.376 e. The minimum atomic E-state index is -4.28. The lowest BCUT2D eigenvalue weighted by Crippen LogP contribution is -2.13. The van der Waals surface area contributed by atoms with Crippen LogP contribution in [0.15, 0.2) is 71.1 Å². The maximum absolute atomic E-state index is 12.5. The molecule has 0 fully saturated rings. The fourth-order valence-corrected chi connectivity index (χ4v) is 4.48. The molecule has 0 radical (unpaired) electrons. The topological polar surface area (TPSA) is 139 Å². The molecule has 0 aromatic heterocycles. The lowest BCUT2D eigenvalue weighted by atomic mass is 10.1. The molecule has 0 spiro atoms. The minimum Gasteiger partial charge on any atom is -0.376 e. The molecule has 0 saturated carbocycles. The molecular formula is C22H12Cl3N3O6S. The highest BCUT2D eigenvalue weighted by Gasteiger charge is 2.21. The summed E-state index contributed by atoms with van der Waals surface area (Å²) in [6, 6.07) is 14.6. The van der Waals surface area contributed by atoms with Crippen LogP contribution in [0.4, 0.5) is 11.4 Å². The van der Waals surface area contributed by atoms with E-state index in [2.05, 4.69) is 5.32 Å². The molecule has 3 rings (SSSR count). The van der Waals surface area contributed by atoms with Gasteiger partial charge in [0, 0.05) is 22.8 Å². The zero-order valence-corrected chi connectivity index (χ0v) is 20.3. The molecule has 9 nitrogen and oxygen atoms in total. The first kappa shape index (κ1) is 26.0. The maximum atomic E-state index is 12.5. The van der Waals surface area contributed by atoms with Crippen molar-refractivity contribution in [1.29, 1.82) is 5.26 Å². The standard InChI is InChI=1S/C22H12Cl3N3O6S/c23-15-4-6-18(7-5-15)35(32,33)34-21-19(24)9-13(10-20(21)25)8-14(12-26)22(29)27-16-2-1-3-17(11-16)28(30)31/h1-11H,(H,27,29)/b14-8+. The summed E-state index contributed by atoms with van der Waals surface area (Å²) in [5.41, 5.74) is -0.307. The molecule has 0 unspecified atom stereocenters.